The van der Waals surface area contributed by atoms with Gasteiger partial charge in [-0.1, -0.05) is 26.0 Å². The van der Waals surface area contributed by atoms with Gasteiger partial charge < -0.3 is 0 Å². The van der Waals surface area contributed by atoms with Crippen LogP contribution in [-0.2, 0) is 9.59 Å². The molecule has 0 spiro atoms. The predicted octanol–water partition coefficient (Wildman–Crippen LogP) is 2.61. The van der Waals surface area contributed by atoms with Crippen LogP contribution in [0.1, 0.15) is 27.7 Å². The van der Waals surface area contributed by atoms with Crippen molar-refractivity contribution in [1.29, 1.82) is 0 Å². The Labute approximate surface area is 90.4 Å². The van der Waals surface area contributed by atoms with E-state index in [4.69, 9.17) is 0 Å². The van der Waals surface area contributed by atoms with Crippen molar-refractivity contribution < 1.29 is 9.59 Å². The molecule has 2 heteroatoms. The second-order valence-corrected chi connectivity index (χ2v) is 4.40. The Bertz CT molecular complexity index is 393. The lowest BCUT2D eigenvalue weighted by Crippen LogP contribution is -2.19. The molecule has 0 aromatic carbocycles. The molecule has 0 N–H and O–H groups in total. The van der Waals surface area contributed by atoms with Crippen LogP contribution in [0.15, 0.2) is 35.5 Å². The number of rotatable bonds is 2. The van der Waals surface area contributed by atoms with Crippen LogP contribution in [0.3, 0.4) is 0 Å². The number of ketones is 2. The molecule has 1 aliphatic carbocycles. The molecular formula is C13H16O2. The van der Waals surface area contributed by atoms with Gasteiger partial charge in [-0.3, -0.25) is 9.59 Å². The summed E-state index contributed by atoms with van der Waals surface area (Å²) >= 11 is 0. The summed E-state index contributed by atoms with van der Waals surface area (Å²) in [7, 11) is 0. The van der Waals surface area contributed by atoms with E-state index in [0.29, 0.717) is 0 Å². The molecule has 0 amide bonds. The first kappa shape index (κ1) is 11.6. The lowest BCUT2D eigenvalue weighted by atomic mass is 9.76. The van der Waals surface area contributed by atoms with E-state index in [2.05, 4.69) is 0 Å². The fraction of sp³-hybridized carbons (Fsp3) is 0.385. The average Bonchev–Trinajstić information content (AvgIpc) is 2.11. The van der Waals surface area contributed by atoms with Crippen molar-refractivity contribution in [2.24, 2.45) is 5.41 Å². The van der Waals surface area contributed by atoms with Gasteiger partial charge in [0.25, 0.3) is 0 Å². The van der Waals surface area contributed by atoms with Gasteiger partial charge in [0, 0.05) is 11.0 Å². The summed E-state index contributed by atoms with van der Waals surface area (Å²) in [6.07, 6.45) is 6.73. The number of carbonyl (C=O) groups is 2. The van der Waals surface area contributed by atoms with Gasteiger partial charge in [0.2, 0.25) is 0 Å². The minimum atomic E-state index is -0.177. The van der Waals surface area contributed by atoms with E-state index in [1.807, 2.05) is 19.9 Å². The molecule has 2 nitrogen and oxygen atoms in total. The summed E-state index contributed by atoms with van der Waals surface area (Å²) in [6.45, 7) is 7.35. The Morgan fingerprint density at radius 2 is 2.00 bits per heavy atom. The molecule has 0 fully saturated rings. The minimum Gasteiger partial charge on any atom is -0.295 e. The van der Waals surface area contributed by atoms with Crippen molar-refractivity contribution in [1.82, 2.24) is 0 Å². The molecule has 0 saturated carbocycles. The zero-order chi connectivity index (χ0) is 11.6. The fourth-order valence-electron chi connectivity index (χ4n) is 1.66. The van der Waals surface area contributed by atoms with E-state index in [0.717, 1.165) is 11.1 Å². The van der Waals surface area contributed by atoms with Crippen molar-refractivity contribution in [2.45, 2.75) is 27.7 Å². The summed E-state index contributed by atoms with van der Waals surface area (Å²) in [4.78, 5) is 22.3. The van der Waals surface area contributed by atoms with Crippen LogP contribution in [0.25, 0.3) is 0 Å². The molecule has 0 aromatic rings. The lowest BCUT2D eigenvalue weighted by Gasteiger charge is -2.27. The van der Waals surface area contributed by atoms with Crippen molar-refractivity contribution in [3.05, 3.63) is 35.5 Å². The normalized spacial score (nSPS) is 20.1. The maximum Gasteiger partial charge on any atom is 0.181 e. The van der Waals surface area contributed by atoms with Crippen molar-refractivity contribution in [2.75, 3.05) is 0 Å². The smallest absolute Gasteiger partial charge is 0.181 e. The highest BCUT2D eigenvalue weighted by atomic mass is 16.1. The number of hydrogen-bond donors (Lipinski definition) is 0. The van der Waals surface area contributed by atoms with Gasteiger partial charge >= 0.3 is 0 Å². The highest BCUT2D eigenvalue weighted by Crippen LogP contribution is 2.34. The minimum absolute atomic E-state index is 0.00639. The third kappa shape index (κ3) is 2.52. The highest BCUT2D eigenvalue weighted by molar-refractivity contribution is 6.06. The quantitative estimate of drug-likeness (QED) is 0.648. The molecule has 0 radical (unpaired) electrons. The predicted molar refractivity (Wildman–Crippen MR) is 60.4 cm³/mol. The van der Waals surface area contributed by atoms with Crippen LogP contribution in [0.2, 0.25) is 0 Å². The largest absolute Gasteiger partial charge is 0.295 e. The van der Waals surface area contributed by atoms with Crippen LogP contribution < -0.4 is 0 Å². The van der Waals surface area contributed by atoms with E-state index in [-0.39, 0.29) is 17.0 Å². The summed E-state index contributed by atoms with van der Waals surface area (Å²) in [5.41, 5.74) is 1.47. The molecule has 1 rings (SSSR count). The Hall–Kier alpha value is -1.44. The lowest BCUT2D eigenvalue weighted by molar-refractivity contribution is -0.113. The first-order valence-corrected chi connectivity index (χ1v) is 4.98. The monoisotopic (exact) mass is 204 g/mol. The highest BCUT2D eigenvalue weighted by Gasteiger charge is 2.26. The van der Waals surface area contributed by atoms with Gasteiger partial charge in [-0.05, 0) is 31.6 Å². The van der Waals surface area contributed by atoms with Gasteiger partial charge in [0.05, 0.1) is 0 Å². The third-order valence-corrected chi connectivity index (χ3v) is 2.60. The molecule has 0 unspecified atom stereocenters. The van der Waals surface area contributed by atoms with Crippen LogP contribution >= 0.6 is 0 Å². The van der Waals surface area contributed by atoms with Gasteiger partial charge in [0.1, 0.15) is 0 Å². The SMILES string of the molecule is CC(=O)/C=C/C1=C(C)C(=O)C=CC1(C)C. The zero-order valence-electron chi connectivity index (χ0n) is 9.63. The molecule has 0 aromatic heterocycles. The molecular weight excluding hydrogens is 188 g/mol. The van der Waals surface area contributed by atoms with Crippen molar-refractivity contribution in [3.63, 3.8) is 0 Å². The summed E-state index contributed by atoms with van der Waals surface area (Å²) in [6, 6.07) is 0. The summed E-state index contributed by atoms with van der Waals surface area (Å²) in [5, 5.41) is 0. The summed E-state index contributed by atoms with van der Waals surface area (Å²) in [5.74, 6) is 0.0191. The second-order valence-electron chi connectivity index (χ2n) is 4.40. The Kier molecular flexibility index (Phi) is 3.08. The van der Waals surface area contributed by atoms with Gasteiger partial charge in [0.15, 0.2) is 11.6 Å². The zero-order valence-corrected chi connectivity index (χ0v) is 9.63. The molecule has 15 heavy (non-hydrogen) atoms. The first-order valence-electron chi connectivity index (χ1n) is 4.98. The van der Waals surface area contributed by atoms with Crippen LogP contribution in [-0.4, -0.2) is 11.6 Å². The maximum absolute atomic E-state index is 11.5. The van der Waals surface area contributed by atoms with Crippen molar-refractivity contribution >= 4 is 11.6 Å². The number of allylic oxidation sites excluding steroid dienone is 6. The van der Waals surface area contributed by atoms with Crippen LogP contribution in [0.5, 0.6) is 0 Å². The molecule has 0 aliphatic heterocycles. The Balaban J connectivity index is 3.15. The second kappa shape index (κ2) is 3.97. The molecule has 80 valence electrons. The van der Waals surface area contributed by atoms with E-state index in [1.165, 1.54) is 13.0 Å². The topological polar surface area (TPSA) is 34.1 Å². The van der Waals surface area contributed by atoms with Gasteiger partial charge in [-0.25, -0.2) is 0 Å². The van der Waals surface area contributed by atoms with E-state index in [1.54, 1.807) is 19.1 Å². The number of hydrogen-bond acceptors (Lipinski definition) is 2. The molecule has 0 saturated heterocycles. The standard InChI is InChI=1S/C13H16O2/c1-9(14)5-6-11-10(2)12(15)7-8-13(11,3)4/h5-8H,1-4H3/b6-5+. The molecule has 0 heterocycles. The van der Waals surface area contributed by atoms with Crippen LogP contribution in [0, 0.1) is 5.41 Å². The van der Waals surface area contributed by atoms with E-state index < -0.39 is 0 Å². The van der Waals surface area contributed by atoms with E-state index in [9.17, 15) is 9.59 Å². The molecule has 0 bridgehead atoms. The third-order valence-electron chi connectivity index (χ3n) is 2.60. The maximum atomic E-state index is 11.5. The molecule has 1 aliphatic rings. The fourth-order valence-corrected chi connectivity index (χ4v) is 1.66. The van der Waals surface area contributed by atoms with E-state index >= 15 is 0 Å². The Morgan fingerprint density at radius 3 is 2.53 bits per heavy atom. The first-order chi connectivity index (χ1) is 6.84. The van der Waals surface area contributed by atoms with Crippen molar-refractivity contribution in [3.8, 4) is 0 Å². The van der Waals surface area contributed by atoms with Crippen LogP contribution in [0.4, 0.5) is 0 Å². The molecule has 0 atom stereocenters. The average molecular weight is 204 g/mol. The van der Waals surface area contributed by atoms with Gasteiger partial charge in [-0.2, -0.15) is 0 Å². The van der Waals surface area contributed by atoms with Gasteiger partial charge in [-0.15, -0.1) is 0 Å². The Morgan fingerprint density at radius 1 is 1.40 bits per heavy atom. The number of carbonyl (C=O) groups excluding carboxylic acids is 2. The summed E-state index contributed by atoms with van der Waals surface area (Å²) < 4.78 is 0.